The van der Waals surface area contributed by atoms with E-state index >= 15 is 0 Å². The number of nitrogens with one attached hydrogen (secondary N) is 1. The third kappa shape index (κ3) is 3.85. The van der Waals surface area contributed by atoms with Crippen LogP contribution in [0.3, 0.4) is 0 Å². The second kappa shape index (κ2) is 7.05. The molecule has 1 aliphatic rings. The van der Waals surface area contributed by atoms with Gasteiger partial charge in [0.1, 0.15) is 5.75 Å². The first-order valence-corrected chi connectivity index (χ1v) is 8.31. The molecule has 3 nitrogen and oxygen atoms in total. The molecular weight excluding hydrogens is 310 g/mol. The monoisotopic (exact) mass is 329 g/mol. The van der Waals surface area contributed by atoms with Crippen LogP contribution in [0.15, 0.2) is 48.5 Å². The summed E-state index contributed by atoms with van der Waals surface area (Å²) >= 11 is 5.85. The fraction of sp³-hybridized carbons (Fsp3) is 0.316. The quantitative estimate of drug-likeness (QED) is 0.908. The van der Waals surface area contributed by atoms with Crippen LogP contribution in [0.4, 0.5) is 0 Å². The van der Waals surface area contributed by atoms with Gasteiger partial charge < -0.3 is 10.1 Å². The molecular formula is C19H20ClNO2. The maximum atomic E-state index is 12.4. The van der Waals surface area contributed by atoms with Gasteiger partial charge in [-0.15, -0.1) is 0 Å². The molecule has 23 heavy (non-hydrogen) atoms. The van der Waals surface area contributed by atoms with Crippen LogP contribution in [0.25, 0.3) is 0 Å². The molecule has 4 heteroatoms. The molecule has 120 valence electrons. The molecule has 1 N–H and O–H groups in total. The Kier molecular flexibility index (Phi) is 4.87. The molecule has 0 radical (unpaired) electrons. The van der Waals surface area contributed by atoms with Crippen molar-refractivity contribution in [3.63, 3.8) is 0 Å². The highest BCUT2D eigenvalue weighted by molar-refractivity contribution is 6.30. The van der Waals surface area contributed by atoms with Gasteiger partial charge in [0.15, 0.2) is 6.10 Å². The molecule has 0 unspecified atom stereocenters. The van der Waals surface area contributed by atoms with Crippen molar-refractivity contribution < 1.29 is 9.53 Å². The van der Waals surface area contributed by atoms with E-state index in [1.165, 1.54) is 11.1 Å². The lowest BCUT2D eigenvalue weighted by Crippen LogP contribution is -2.39. The fourth-order valence-electron chi connectivity index (χ4n) is 2.96. The number of hydrogen-bond acceptors (Lipinski definition) is 2. The van der Waals surface area contributed by atoms with Crippen LogP contribution < -0.4 is 10.1 Å². The summed E-state index contributed by atoms with van der Waals surface area (Å²) < 4.78 is 5.69. The van der Waals surface area contributed by atoms with Crippen LogP contribution in [0, 0.1) is 0 Å². The Labute approximate surface area is 141 Å². The van der Waals surface area contributed by atoms with Gasteiger partial charge in [-0.1, -0.05) is 35.9 Å². The second-order valence-electron chi connectivity index (χ2n) is 5.87. The summed E-state index contributed by atoms with van der Waals surface area (Å²) in [6.07, 6.45) is 2.59. The summed E-state index contributed by atoms with van der Waals surface area (Å²) in [7, 11) is 0. The number of carbonyl (C=O) groups excluding carboxylic acids is 1. The van der Waals surface area contributed by atoms with Crippen molar-refractivity contribution in [3.8, 4) is 5.75 Å². The molecule has 2 aromatic carbocycles. The number of carbonyl (C=O) groups is 1. The topological polar surface area (TPSA) is 38.3 Å². The first-order chi connectivity index (χ1) is 11.1. The van der Waals surface area contributed by atoms with Crippen molar-refractivity contribution in [1.29, 1.82) is 0 Å². The summed E-state index contributed by atoms with van der Waals surface area (Å²) in [5.74, 6) is 0.544. The molecule has 0 saturated carbocycles. The van der Waals surface area contributed by atoms with Crippen LogP contribution in [-0.2, 0) is 11.2 Å². The number of fused-ring (bicyclic) bond motifs is 1. The maximum Gasteiger partial charge on any atom is 0.261 e. The van der Waals surface area contributed by atoms with Gasteiger partial charge in [-0.3, -0.25) is 4.79 Å². The standard InChI is InChI=1S/C19H20ClNO2/c1-13(23-16-11-9-15(20)10-12-16)19(22)21-18-8-4-6-14-5-2-3-7-17(14)18/h2-3,5,7,9-13,18H,4,6,8H2,1H3,(H,21,22)/t13-,18+/m1/s1. The van der Waals surface area contributed by atoms with Crippen molar-refractivity contribution in [2.24, 2.45) is 0 Å². The minimum Gasteiger partial charge on any atom is -0.481 e. The van der Waals surface area contributed by atoms with Crippen LogP contribution in [-0.4, -0.2) is 12.0 Å². The lowest BCUT2D eigenvalue weighted by molar-refractivity contribution is -0.128. The zero-order chi connectivity index (χ0) is 16.2. The molecule has 1 aliphatic carbocycles. The molecule has 2 atom stereocenters. The average Bonchev–Trinajstić information content (AvgIpc) is 2.57. The first kappa shape index (κ1) is 15.9. The molecule has 1 amide bonds. The molecule has 3 rings (SSSR count). The third-order valence-corrected chi connectivity index (χ3v) is 4.43. The molecule has 0 spiro atoms. The van der Waals surface area contributed by atoms with Crippen molar-refractivity contribution in [1.82, 2.24) is 5.32 Å². The summed E-state index contributed by atoms with van der Waals surface area (Å²) in [5, 5.41) is 3.76. The minimum absolute atomic E-state index is 0.0729. The number of ether oxygens (including phenoxy) is 1. The molecule has 0 saturated heterocycles. The van der Waals surface area contributed by atoms with E-state index in [1.807, 2.05) is 6.07 Å². The smallest absolute Gasteiger partial charge is 0.261 e. The van der Waals surface area contributed by atoms with Gasteiger partial charge in [-0.05, 0) is 61.6 Å². The highest BCUT2D eigenvalue weighted by Crippen LogP contribution is 2.29. The predicted molar refractivity (Wildman–Crippen MR) is 91.8 cm³/mol. The van der Waals surface area contributed by atoms with Gasteiger partial charge in [-0.2, -0.15) is 0 Å². The highest BCUT2D eigenvalue weighted by atomic mass is 35.5. The molecule has 0 aromatic heterocycles. The maximum absolute atomic E-state index is 12.4. The van der Waals surface area contributed by atoms with E-state index < -0.39 is 6.10 Å². The Morgan fingerprint density at radius 2 is 1.96 bits per heavy atom. The number of amides is 1. The van der Waals surface area contributed by atoms with E-state index in [1.54, 1.807) is 31.2 Å². The van der Waals surface area contributed by atoms with Crippen molar-refractivity contribution >= 4 is 17.5 Å². The van der Waals surface area contributed by atoms with Crippen LogP contribution in [0.2, 0.25) is 5.02 Å². The van der Waals surface area contributed by atoms with Crippen LogP contribution in [0.1, 0.15) is 36.9 Å². The summed E-state index contributed by atoms with van der Waals surface area (Å²) in [6.45, 7) is 1.76. The lowest BCUT2D eigenvalue weighted by Gasteiger charge is -2.27. The molecule has 0 aliphatic heterocycles. The highest BCUT2D eigenvalue weighted by Gasteiger charge is 2.24. The average molecular weight is 330 g/mol. The number of benzene rings is 2. The van der Waals surface area contributed by atoms with E-state index in [0.29, 0.717) is 10.8 Å². The zero-order valence-electron chi connectivity index (χ0n) is 13.1. The largest absolute Gasteiger partial charge is 0.481 e. The predicted octanol–water partition coefficient (Wildman–Crippen LogP) is 4.30. The van der Waals surface area contributed by atoms with E-state index in [9.17, 15) is 4.79 Å². The van der Waals surface area contributed by atoms with Crippen molar-refractivity contribution in [2.75, 3.05) is 0 Å². The molecule has 2 aromatic rings. The van der Waals surface area contributed by atoms with Gasteiger partial charge in [0, 0.05) is 5.02 Å². The summed E-state index contributed by atoms with van der Waals surface area (Å²) in [6, 6.07) is 15.4. The van der Waals surface area contributed by atoms with Crippen LogP contribution >= 0.6 is 11.6 Å². The number of aryl methyl sites for hydroxylation is 1. The number of hydrogen-bond donors (Lipinski definition) is 1. The SMILES string of the molecule is C[C@@H](Oc1ccc(Cl)cc1)C(=O)N[C@H]1CCCc2ccccc21. The first-order valence-electron chi connectivity index (χ1n) is 7.94. The van der Waals surface area contributed by atoms with Crippen LogP contribution in [0.5, 0.6) is 5.75 Å². The zero-order valence-corrected chi connectivity index (χ0v) is 13.8. The van der Waals surface area contributed by atoms with Crippen molar-refractivity contribution in [2.45, 2.75) is 38.3 Å². The normalized spacial score (nSPS) is 17.9. The summed E-state index contributed by atoms with van der Waals surface area (Å²) in [4.78, 5) is 12.4. The number of halogens is 1. The Morgan fingerprint density at radius 1 is 1.22 bits per heavy atom. The van der Waals surface area contributed by atoms with Gasteiger partial charge in [0.25, 0.3) is 5.91 Å². The molecule has 0 heterocycles. The van der Waals surface area contributed by atoms with Gasteiger partial charge in [-0.25, -0.2) is 0 Å². The third-order valence-electron chi connectivity index (χ3n) is 4.18. The Hall–Kier alpha value is -2.00. The Morgan fingerprint density at radius 3 is 2.74 bits per heavy atom. The van der Waals surface area contributed by atoms with E-state index in [0.717, 1.165) is 19.3 Å². The van der Waals surface area contributed by atoms with Gasteiger partial charge in [0.05, 0.1) is 6.04 Å². The van der Waals surface area contributed by atoms with Crippen molar-refractivity contribution in [3.05, 3.63) is 64.7 Å². The van der Waals surface area contributed by atoms with Gasteiger partial charge >= 0.3 is 0 Å². The second-order valence-corrected chi connectivity index (χ2v) is 6.30. The Balaban J connectivity index is 1.64. The molecule has 0 bridgehead atoms. The number of rotatable bonds is 4. The van der Waals surface area contributed by atoms with E-state index in [-0.39, 0.29) is 11.9 Å². The van der Waals surface area contributed by atoms with Gasteiger partial charge in [0.2, 0.25) is 0 Å². The molecule has 0 fully saturated rings. The minimum atomic E-state index is -0.551. The van der Waals surface area contributed by atoms with E-state index in [2.05, 4.69) is 23.5 Å². The Bertz CT molecular complexity index is 684. The lowest BCUT2D eigenvalue weighted by atomic mass is 9.87. The van der Waals surface area contributed by atoms with E-state index in [4.69, 9.17) is 16.3 Å². The fourth-order valence-corrected chi connectivity index (χ4v) is 3.09. The summed E-state index contributed by atoms with van der Waals surface area (Å²) in [5.41, 5.74) is 2.56.